The van der Waals surface area contributed by atoms with Gasteiger partial charge in [-0.1, -0.05) is 0 Å². The van der Waals surface area contributed by atoms with E-state index < -0.39 is 0 Å². The van der Waals surface area contributed by atoms with Gasteiger partial charge in [-0.05, 0) is 30.2 Å². The van der Waals surface area contributed by atoms with Crippen molar-refractivity contribution in [3.63, 3.8) is 0 Å². The van der Waals surface area contributed by atoms with Crippen molar-refractivity contribution < 1.29 is 4.74 Å². The zero-order chi connectivity index (χ0) is 13.0. The molecule has 0 saturated carbocycles. The summed E-state index contributed by atoms with van der Waals surface area (Å²) in [4.78, 5) is 8.32. The first-order valence-corrected chi connectivity index (χ1v) is 5.64. The van der Waals surface area contributed by atoms with Crippen molar-refractivity contribution in [1.82, 2.24) is 9.97 Å². The van der Waals surface area contributed by atoms with E-state index in [1.54, 1.807) is 25.4 Å². The van der Waals surface area contributed by atoms with Crippen molar-refractivity contribution in [3.05, 3.63) is 41.7 Å². The topological polar surface area (TPSA) is 73.1 Å². The second-order valence-electron chi connectivity index (χ2n) is 3.95. The van der Waals surface area contributed by atoms with Gasteiger partial charge < -0.3 is 15.8 Å². The number of pyridine rings is 2. The maximum absolute atomic E-state index is 5.85. The summed E-state index contributed by atoms with van der Waals surface area (Å²) in [5.41, 5.74) is 8.75. The molecule has 0 saturated heterocycles. The number of nitrogens with zero attached hydrogens (tertiary/aromatic N) is 2. The minimum absolute atomic E-state index is 0.540. The van der Waals surface area contributed by atoms with Crippen LogP contribution in [0.1, 0.15) is 11.1 Å². The fourth-order valence-electron chi connectivity index (χ4n) is 1.59. The molecule has 0 aliphatic carbocycles. The number of ether oxygens (including phenoxy) is 1. The van der Waals surface area contributed by atoms with E-state index in [-0.39, 0.29) is 0 Å². The van der Waals surface area contributed by atoms with Crippen molar-refractivity contribution in [2.45, 2.75) is 13.5 Å². The molecule has 0 aliphatic rings. The van der Waals surface area contributed by atoms with Crippen molar-refractivity contribution in [2.24, 2.45) is 0 Å². The van der Waals surface area contributed by atoms with Crippen LogP contribution >= 0.6 is 0 Å². The Bertz CT molecular complexity index is 542. The summed E-state index contributed by atoms with van der Waals surface area (Å²) in [7, 11) is 1.58. The van der Waals surface area contributed by atoms with Gasteiger partial charge in [0.1, 0.15) is 0 Å². The second-order valence-corrected chi connectivity index (χ2v) is 3.95. The number of hydrogen-bond acceptors (Lipinski definition) is 5. The number of aryl methyl sites for hydroxylation is 1. The Kier molecular flexibility index (Phi) is 3.62. The summed E-state index contributed by atoms with van der Waals surface area (Å²) in [5.74, 6) is 1.17. The second kappa shape index (κ2) is 5.35. The normalized spacial score (nSPS) is 10.1. The van der Waals surface area contributed by atoms with Crippen LogP contribution in [0.15, 0.2) is 30.6 Å². The lowest BCUT2D eigenvalue weighted by molar-refractivity contribution is 0.398. The van der Waals surface area contributed by atoms with Crippen molar-refractivity contribution >= 4 is 11.5 Å². The van der Waals surface area contributed by atoms with E-state index in [4.69, 9.17) is 10.5 Å². The number of aromatic nitrogens is 2. The minimum atomic E-state index is 0.540. The van der Waals surface area contributed by atoms with Gasteiger partial charge in [-0.15, -0.1) is 0 Å². The fraction of sp³-hybridized carbons (Fsp3) is 0.231. The van der Waals surface area contributed by atoms with Gasteiger partial charge in [0, 0.05) is 25.0 Å². The predicted molar refractivity (Wildman–Crippen MR) is 71.5 cm³/mol. The SMILES string of the molecule is COc1ccc(N)c(NCc2ccncc2C)n1. The summed E-state index contributed by atoms with van der Waals surface area (Å²) in [6.45, 7) is 2.67. The largest absolute Gasteiger partial charge is 0.481 e. The van der Waals surface area contributed by atoms with E-state index in [9.17, 15) is 0 Å². The van der Waals surface area contributed by atoms with Crippen molar-refractivity contribution in [1.29, 1.82) is 0 Å². The molecule has 3 N–H and O–H groups in total. The van der Waals surface area contributed by atoms with Crippen LogP contribution in [-0.4, -0.2) is 17.1 Å². The number of rotatable bonds is 4. The Labute approximate surface area is 106 Å². The standard InChI is InChI=1S/C13H16N4O/c1-9-7-15-6-5-10(9)8-16-13-11(14)3-4-12(17-13)18-2/h3-7H,8,14H2,1-2H3,(H,16,17). The van der Waals surface area contributed by atoms with Crippen LogP contribution in [0.25, 0.3) is 0 Å². The predicted octanol–water partition coefficient (Wildman–Crippen LogP) is 1.99. The van der Waals surface area contributed by atoms with E-state index in [1.165, 1.54) is 0 Å². The van der Waals surface area contributed by atoms with Gasteiger partial charge in [0.15, 0.2) is 5.82 Å². The average Bonchev–Trinajstić information content (AvgIpc) is 2.39. The molecule has 2 heterocycles. The van der Waals surface area contributed by atoms with Crippen LogP contribution in [-0.2, 0) is 6.54 Å². The Morgan fingerprint density at radius 3 is 2.89 bits per heavy atom. The smallest absolute Gasteiger partial charge is 0.215 e. The lowest BCUT2D eigenvalue weighted by Gasteiger charge is -2.10. The van der Waals surface area contributed by atoms with E-state index >= 15 is 0 Å². The fourth-order valence-corrected chi connectivity index (χ4v) is 1.59. The highest BCUT2D eigenvalue weighted by Gasteiger charge is 2.04. The molecule has 5 heteroatoms. The number of nitrogens with one attached hydrogen (secondary N) is 1. The molecule has 0 radical (unpaired) electrons. The summed E-state index contributed by atoms with van der Waals surface area (Å²) < 4.78 is 5.07. The molecule has 0 unspecified atom stereocenters. The summed E-state index contributed by atoms with van der Waals surface area (Å²) in [6, 6.07) is 5.48. The summed E-state index contributed by atoms with van der Waals surface area (Å²) >= 11 is 0. The van der Waals surface area contributed by atoms with Gasteiger partial charge in [-0.25, -0.2) is 0 Å². The van der Waals surface area contributed by atoms with Gasteiger partial charge in [-0.3, -0.25) is 4.98 Å². The third-order valence-corrected chi connectivity index (χ3v) is 2.69. The minimum Gasteiger partial charge on any atom is -0.481 e. The zero-order valence-electron chi connectivity index (χ0n) is 10.5. The first kappa shape index (κ1) is 12.2. The monoisotopic (exact) mass is 244 g/mol. The molecule has 18 heavy (non-hydrogen) atoms. The molecule has 0 atom stereocenters. The highest BCUT2D eigenvalue weighted by atomic mass is 16.5. The van der Waals surface area contributed by atoms with Gasteiger partial charge >= 0.3 is 0 Å². The number of methoxy groups -OCH3 is 1. The molecule has 0 fully saturated rings. The molecule has 2 aromatic heterocycles. The average molecular weight is 244 g/mol. The highest BCUT2D eigenvalue weighted by molar-refractivity contribution is 5.62. The van der Waals surface area contributed by atoms with E-state index in [1.807, 2.05) is 19.2 Å². The Morgan fingerprint density at radius 1 is 1.33 bits per heavy atom. The first-order chi connectivity index (χ1) is 8.70. The molecule has 0 aromatic carbocycles. The van der Waals surface area contributed by atoms with Gasteiger partial charge in [0.05, 0.1) is 12.8 Å². The van der Waals surface area contributed by atoms with E-state index in [2.05, 4.69) is 15.3 Å². The maximum atomic E-state index is 5.85. The third-order valence-electron chi connectivity index (χ3n) is 2.69. The lowest BCUT2D eigenvalue weighted by Crippen LogP contribution is -2.06. The maximum Gasteiger partial charge on any atom is 0.215 e. The van der Waals surface area contributed by atoms with Crippen LogP contribution in [0, 0.1) is 6.92 Å². The van der Waals surface area contributed by atoms with E-state index in [0.29, 0.717) is 23.9 Å². The van der Waals surface area contributed by atoms with Crippen LogP contribution in [0.4, 0.5) is 11.5 Å². The summed E-state index contributed by atoms with van der Waals surface area (Å²) in [6.07, 6.45) is 3.60. The molecule has 94 valence electrons. The zero-order valence-corrected chi connectivity index (χ0v) is 10.5. The number of anilines is 2. The molecular weight excluding hydrogens is 228 g/mol. The van der Waals surface area contributed by atoms with Crippen molar-refractivity contribution in [3.8, 4) is 5.88 Å². The van der Waals surface area contributed by atoms with Gasteiger partial charge in [0.2, 0.25) is 5.88 Å². The third kappa shape index (κ3) is 2.68. The number of nitrogens with two attached hydrogens (primary N) is 1. The molecule has 5 nitrogen and oxygen atoms in total. The van der Waals surface area contributed by atoms with Gasteiger partial charge in [0.25, 0.3) is 0 Å². The highest BCUT2D eigenvalue weighted by Crippen LogP contribution is 2.20. The van der Waals surface area contributed by atoms with Crippen LogP contribution < -0.4 is 15.8 Å². The molecule has 0 amide bonds. The molecule has 0 aliphatic heterocycles. The first-order valence-electron chi connectivity index (χ1n) is 5.64. The Balaban J connectivity index is 2.13. The lowest BCUT2D eigenvalue weighted by atomic mass is 10.1. The van der Waals surface area contributed by atoms with Crippen LogP contribution in [0.5, 0.6) is 5.88 Å². The molecule has 2 aromatic rings. The Morgan fingerprint density at radius 2 is 2.17 bits per heavy atom. The molecular formula is C13H16N4O. The van der Waals surface area contributed by atoms with Crippen LogP contribution in [0.3, 0.4) is 0 Å². The molecule has 0 spiro atoms. The van der Waals surface area contributed by atoms with Crippen molar-refractivity contribution in [2.75, 3.05) is 18.2 Å². The number of hydrogen-bond donors (Lipinski definition) is 2. The van der Waals surface area contributed by atoms with Gasteiger partial charge in [-0.2, -0.15) is 4.98 Å². The molecule has 0 bridgehead atoms. The number of nitrogen functional groups attached to an aromatic ring is 1. The Hall–Kier alpha value is -2.30. The molecule has 2 rings (SSSR count). The van der Waals surface area contributed by atoms with E-state index in [0.717, 1.165) is 11.1 Å². The summed E-state index contributed by atoms with van der Waals surface area (Å²) in [5, 5.41) is 3.20. The quantitative estimate of drug-likeness (QED) is 0.860. The van der Waals surface area contributed by atoms with Crippen LogP contribution in [0.2, 0.25) is 0 Å².